The first-order valence-corrected chi connectivity index (χ1v) is 7.98. The molecule has 1 aliphatic rings. The summed E-state index contributed by atoms with van der Waals surface area (Å²) in [6.07, 6.45) is 1.65. The predicted octanol–water partition coefficient (Wildman–Crippen LogP) is 5.14. The van der Waals surface area contributed by atoms with Gasteiger partial charge in [0.2, 0.25) is 0 Å². The topological polar surface area (TPSA) is 35.8 Å². The molecule has 2 nitrogen and oxygen atoms in total. The van der Waals surface area contributed by atoms with Crippen LogP contribution in [0.1, 0.15) is 18.4 Å². The first-order chi connectivity index (χ1) is 10.1. The zero-order valence-electron chi connectivity index (χ0n) is 11.3. The number of anilines is 1. The molecule has 0 bridgehead atoms. The van der Waals surface area contributed by atoms with Gasteiger partial charge in [-0.05, 0) is 52.5 Å². The highest BCUT2D eigenvalue weighted by Crippen LogP contribution is 2.44. The first kappa shape index (κ1) is 14.4. The van der Waals surface area contributed by atoms with Gasteiger partial charge in [0.15, 0.2) is 0 Å². The van der Waals surface area contributed by atoms with Gasteiger partial charge in [0.05, 0.1) is 16.5 Å². The van der Waals surface area contributed by atoms with Crippen molar-refractivity contribution in [1.29, 1.82) is 5.26 Å². The SMILES string of the molecule is N#CC1(c2ccccc2)CC(Nc2ccc(Cl)c(Br)c2)C1. The number of nitriles is 1. The largest absolute Gasteiger partial charge is 0.382 e. The molecular formula is C17H14BrClN2. The van der Waals surface area contributed by atoms with Crippen molar-refractivity contribution in [3.63, 3.8) is 0 Å². The smallest absolute Gasteiger partial charge is 0.0861 e. The minimum Gasteiger partial charge on any atom is -0.382 e. The van der Waals surface area contributed by atoms with Crippen LogP contribution in [0.5, 0.6) is 0 Å². The summed E-state index contributed by atoms with van der Waals surface area (Å²) in [7, 11) is 0. The second-order valence-corrected chi connectivity index (χ2v) is 6.70. The zero-order chi connectivity index (χ0) is 14.9. The molecule has 0 amide bonds. The minimum absolute atomic E-state index is 0.318. The van der Waals surface area contributed by atoms with Crippen LogP contribution >= 0.6 is 27.5 Å². The van der Waals surface area contributed by atoms with E-state index in [1.807, 2.05) is 48.5 Å². The van der Waals surface area contributed by atoms with Crippen LogP contribution < -0.4 is 5.32 Å². The molecule has 1 aliphatic carbocycles. The summed E-state index contributed by atoms with van der Waals surface area (Å²) in [5.41, 5.74) is 1.79. The van der Waals surface area contributed by atoms with E-state index in [9.17, 15) is 5.26 Å². The van der Waals surface area contributed by atoms with Gasteiger partial charge >= 0.3 is 0 Å². The first-order valence-electron chi connectivity index (χ1n) is 6.81. The molecule has 0 aromatic heterocycles. The van der Waals surface area contributed by atoms with Gasteiger partial charge in [-0.25, -0.2) is 0 Å². The third kappa shape index (κ3) is 2.79. The third-order valence-electron chi connectivity index (χ3n) is 4.02. The van der Waals surface area contributed by atoms with Crippen LogP contribution in [-0.2, 0) is 5.41 Å². The Labute approximate surface area is 137 Å². The molecule has 0 radical (unpaired) electrons. The number of benzene rings is 2. The zero-order valence-corrected chi connectivity index (χ0v) is 13.7. The molecule has 0 spiro atoms. The molecule has 0 saturated heterocycles. The number of nitrogens with zero attached hydrogens (tertiary/aromatic N) is 1. The quantitative estimate of drug-likeness (QED) is 0.821. The van der Waals surface area contributed by atoms with Gasteiger partial charge in [0, 0.05) is 16.2 Å². The van der Waals surface area contributed by atoms with E-state index in [0.717, 1.165) is 28.6 Å². The highest BCUT2D eigenvalue weighted by Gasteiger charge is 2.46. The average molecular weight is 362 g/mol. The van der Waals surface area contributed by atoms with Gasteiger partial charge in [0.25, 0.3) is 0 Å². The number of hydrogen-bond acceptors (Lipinski definition) is 2. The fourth-order valence-corrected chi connectivity index (χ4v) is 3.35. The van der Waals surface area contributed by atoms with E-state index >= 15 is 0 Å². The van der Waals surface area contributed by atoms with Crippen molar-refractivity contribution in [3.8, 4) is 6.07 Å². The van der Waals surface area contributed by atoms with Gasteiger partial charge in [-0.3, -0.25) is 0 Å². The van der Waals surface area contributed by atoms with Crippen LogP contribution in [-0.4, -0.2) is 6.04 Å². The summed E-state index contributed by atoms with van der Waals surface area (Å²) in [5, 5.41) is 13.7. The van der Waals surface area contributed by atoms with Crippen molar-refractivity contribution >= 4 is 33.2 Å². The average Bonchev–Trinajstić information content (AvgIpc) is 2.47. The lowest BCUT2D eigenvalue weighted by Crippen LogP contribution is -2.47. The van der Waals surface area contributed by atoms with Crippen LogP contribution in [0.15, 0.2) is 53.0 Å². The summed E-state index contributed by atoms with van der Waals surface area (Å²) >= 11 is 9.42. The Kier molecular flexibility index (Phi) is 3.93. The van der Waals surface area contributed by atoms with E-state index in [2.05, 4.69) is 27.3 Å². The molecule has 1 fully saturated rings. The van der Waals surface area contributed by atoms with Crippen LogP contribution in [0.3, 0.4) is 0 Å². The molecule has 2 aromatic carbocycles. The summed E-state index contributed by atoms with van der Waals surface area (Å²) in [6.45, 7) is 0. The summed E-state index contributed by atoms with van der Waals surface area (Å²) in [6, 6.07) is 18.7. The Morgan fingerprint density at radius 3 is 2.52 bits per heavy atom. The van der Waals surface area contributed by atoms with E-state index in [1.54, 1.807) is 0 Å². The maximum absolute atomic E-state index is 9.55. The lowest BCUT2D eigenvalue weighted by atomic mass is 9.62. The highest BCUT2D eigenvalue weighted by molar-refractivity contribution is 9.10. The van der Waals surface area contributed by atoms with Crippen molar-refractivity contribution in [2.24, 2.45) is 0 Å². The molecule has 1 N–H and O–H groups in total. The van der Waals surface area contributed by atoms with E-state index < -0.39 is 0 Å². The molecule has 4 heteroatoms. The molecule has 3 rings (SSSR count). The van der Waals surface area contributed by atoms with Gasteiger partial charge in [-0.1, -0.05) is 41.9 Å². The van der Waals surface area contributed by atoms with Crippen molar-refractivity contribution in [2.75, 3.05) is 5.32 Å². The van der Waals surface area contributed by atoms with E-state index in [0.29, 0.717) is 11.1 Å². The summed E-state index contributed by atoms with van der Waals surface area (Å²) < 4.78 is 0.878. The van der Waals surface area contributed by atoms with Crippen LogP contribution in [0.2, 0.25) is 5.02 Å². The standard InChI is InChI=1S/C17H14BrClN2/c18-15-8-13(6-7-16(15)19)21-14-9-17(10-14,11-20)12-4-2-1-3-5-12/h1-8,14,21H,9-10H2. The van der Waals surface area contributed by atoms with E-state index in [-0.39, 0.29) is 5.41 Å². The Morgan fingerprint density at radius 1 is 1.19 bits per heavy atom. The molecule has 1 saturated carbocycles. The lowest BCUT2D eigenvalue weighted by Gasteiger charge is -2.43. The Bertz CT molecular complexity index is 688. The number of nitrogens with one attached hydrogen (secondary N) is 1. The second-order valence-electron chi connectivity index (χ2n) is 5.44. The Balaban J connectivity index is 1.70. The van der Waals surface area contributed by atoms with Crippen LogP contribution in [0.25, 0.3) is 0 Å². The fraction of sp³-hybridized carbons (Fsp3) is 0.235. The summed E-state index contributed by atoms with van der Waals surface area (Å²) in [4.78, 5) is 0. The molecule has 0 unspecified atom stereocenters. The Hall–Kier alpha value is -1.50. The van der Waals surface area contributed by atoms with Crippen molar-refractivity contribution in [1.82, 2.24) is 0 Å². The minimum atomic E-state index is -0.345. The van der Waals surface area contributed by atoms with Gasteiger partial charge < -0.3 is 5.32 Å². The third-order valence-corrected chi connectivity index (χ3v) is 5.23. The van der Waals surface area contributed by atoms with Crippen molar-refractivity contribution in [3.05, 3.63) is 63.6 Å². The van der Waals surface area contributed by atoms with Gasteiger partial charge in [-0.15, -0.1) is 0 Å². The maximum Gasteiger partial charge on any atom is 0.0861 e. The number of rotatable bonds is 3. The van der Waals surface area contributed by atoms with E-state index in [1.165, 1.54) is 0 Å². The van der Waals surface area contributed by atoms with Crippen LogP contribution in [0, 0.1) is 11.3 Å². The maximum atomic E-state index is 9.55. The van der Waals surface area contributed by atoms with Crippen molar-refractivity contribution < 1.29 is 0 Å². The normalized spacial score (nSPS) is 24.0. The molecule has 0 heterocycles. The molecule has 2 aromatic rings. The van der Waals surface area contributed by atoms with Crippen molar-refractivity contribution in [2.45, 2.75) is 24.3 Å². The number of hydrogen-bond donors (Lipinski definition) is 1. The molecule has 106 valence electrons. The highest BCUT2D eigenvalue weighted by atomic mass is 79.9. The van der Waals surface area contributed by atoms with Gasteiger partial charge in [-0.2, -0.15) is 5.26 Å². The predicted molar refractivity (Wildman–Crippen MR) is 89.5 cm³/mol. The molecule has 0 atom stereocenters. The van der Waals surface area contributed by atoms with Crippen LogP contribution in [0.4, 0.5) is 5.69 Å². The summed E-state index contributed by atoms with van der Waals surface area (Å²) in [5.74, 6) is 0. The monoisotopic (exact) mass is 360 g/mol. The fourth-order valence-electron chi connectivity index (χ4n) is 2.85. The molecule has 0 aliphatic heterocycles. The van der Waals surface area contributed by atoms with E-state index in [4.69, 9.17) is 11.6 Å². The Morgan fingerprint density at radius 2 is 1.90 bits per heavy atom. The second kappa shape index (κ2) is 5.71. The number of halogens is 2. The molecular weight excluding hydrogens is 348 g/mol. The van der Waals surface area contributed by atoms with Gasteiger partial charge in [0.1, 0.15) is 0 Å². The lowest BCUT2D eigenvalue weighted by molar-refractivity contribution is 0.289. The molecule has 21 heavy (non-hydrogen) atoms.